The summed E-state index contributed by atoms with van der Waals surface area (Å²) in [5.41, 5.74) is 13.1. The van der Waals surface area contributed by atoms with Gasteiger partial charge in [-0.3, -0.25) is 0 Å². The number of hydrogen-bond acceptors (Lipinski definition) is 4. The molecule has 1 aliphatic rings. The predicted molar refractivity (Wildman–Crippen MR) is 71.7 cm³/mol. The second-order valence-corrected chi connectivity index (χ2v) is 7.36. The third-order valence-corrected chi connectivity index (χ3v) is 6.19. The minimum atomic E-state index is -3.57. The van der Waals surface area contributed by atoms with Gasteiger partial charge in [0.15, 0.2) is 9.84 Å². The average molecular weight is 268 g/mol. The van der Waals surface area contributed by atoms with Crippen molar-refractivity contribution in [3.05, 3.63) is 29.8 Å². The summed E-state index contributed by atoms with van der Waals surface area (Å²) in [6.07, 6.45) is 2.87. The van der Waals surface area contributed by atoms with Crippen LogP contribution >= 0.6 is 0 Å². The van der Waals surface area contributed by atoms with E-state index in [1.165, 1.54) is 0 Å². The molecule has 0 aromatic heterocycles. The molecule has 0 spiro atoms. The molecule has 0 heterocycles. The van der Waals surface area contributed by atoms with Crippen LogP contribution in [0.2, 0.25) is 0 Å². The summed E-state index contributed by atoms with van der Waals surface area (Å²) in [5, 5.41) is 0. The lowest BCUT2D eigenvalue weighted by Gasteiger charge is -2.38. The van der Waals surface area contributed by atoms with Crippen LogP contribution in [0, 0.1) is 6.92 Å². The van der Waals surface area contributed by atoms with Gasteiger partial charge in [0.25, 0.3) is 0 Å². The van der Waals surface area contributed by atoms with Crippen LogP contribution in [0.3, 0.4) is 0 Å². The van der Waals surface area contributed by atoms with Crippen molar-refractivity contribution in [1.82, 2.24) is 0 Å². The Bertz CT molecular complexity index is 524. The molecule has 1 saturated carbocycles. The zero-order valence-electron chi connectivity index (χ0n) is 10.6. The molecule has 5 heteroatoms. The molecule has 1 aromatic carbocycles. The molecule has 0 bridgehead atoms. The molecule has 18 heavy (non-hydrogen) atoms. The Morgan fingerprint density at radius 2 is 1.83 bits per heavy atom. The number of aryl methyl sites for hydroxylation is 1. The minimum Gasteiger partial charge on any atom is -0.325 e. The number of sulfone groups is 1. The van der Waals surface area contributed by atoms with Crippen LogP contribution in [0.15, 0.2) is 29.2 Å². The van der Waals surface area contributed by atoms with E-state index in [1.54, 1.807) is 24.3 Å². The van der Waals surface area contributed by atoms with Crippen molar-refractivity contribution in [3.8, 4) is 0 Å². The third-order valence-electron chi connectivity index (χ3n) is 3.79. The summed E-state index contributed by atoms with van der Waals surface area (Å²) in [4.78, 5) is -1.05. The Kier molecular flexibility index (Phi) is 3.49. The lowest BCUT2D eigenvalue weighted by molar-refractivity contribution is 0.332. The molecule has 1 aromatic rings. The van der Waals surface area contributed by atoms with Crippen LogP contribution in [-0.4, -0.2) is 19.3 Å². The lowest BCUT2D eigenvalue weighted by atomic mass is 9.91. The monoisotopic (exact) mass is 268 g/mol. The first-order chi connectivity index (χ1) is 8.38. The highest BCUT2D eigenvalue weighted by molar-refractivity contribution is 7.92. The Hall–Kier alpha value is -0.910. The molecular formula is C13H20N2O2S. The first-order valence-electron chi connectivity index (χ1n) is 6.24. The second kappa shape index (κ2) is 4.64. The Morgan fingerprint density at radius 1 is 1.22 bits per heavy atom. The predicted octanol–water partition coefficient (Wildman–Crippen LogP) is 1.33. The average Bonchev–Trinajstić information content (AvgIpc) is 2.33. The summed E-state index contributed by atoms with van der Waals surface area (Å²) in [6, 6.07) is 6.30. The van der Waals surface area contributed by atoms with Crippen LogP contribution in [0.5, 0.6) is 0 Å². The standard InChI is InChI=1S/C13H20N2O2S/c1-10-5-7-11(8-6-10)18(16,17)13(15)9-3-2-4-12(13)14/h5-8,12H,2-4,9,14-15H2,1H3. The Labute approximate surface area is 108 Å². The molecule has 4 N–H and O–H groups in total. The maximum Gasteiger partial charge on any atom is 0.198 e. The van der Waals surface area contributed by atoms with E-state index in [9.17, 15) is 8.42 Å². The van der Waals surface area contributed by atoms with Gasteiger partial charge >= 0.3 is 0 Å². The lowest BCUT2D eigenvalue weighted by Crippen LogP contribution is -2.61. The molecule has 1 aliphatic carbocycles. The number of nitrogens with two attached hydrogens (primary N) is 2. The van der Waals surface area contributed by atoms with E-state index in [0.29, 0.717) is 12.8 Å². The van der Waals surface area contributed by atoms with Gasteiger partial charge in [-0.25, -0.2) is 8.42 Å². The highest BCUT2D eigenvalue weighted by Gasteiger charge is 2.47. The van der Waals surface area contributed by atoms with Crippen molar-refractivity contribution >= 4 is 9.84 Å². The van der Waals surface area contributed by atoms with E-state index in [2.05, 4.69) is 0 Å². The maximum atomic E-state index is 12.6. The molecule has 0 aliphatic heterocycles. The molecule has 100 valence electrons. The van der Waals surface area contributed by atoms with Gasteiger partial charge in [-0.05, 0) is 31.9 Å². The molecule has 4 nitrogen and oxygen atoms in total. The molecule has 0 amide bonds. The van der Waals surface area contributed by atoms with Gasteiger partial charge in [0, 0.05) is 6.04 Å². The van der Waals surface area contributed by atoms with Gasteiger partial charge in [-0.15, -0.1) is 0 Å². The smallest absolute Gasteiger partial charge is 0.198 e. The van der Waals surface area contributed by atoms with Gasteiger partial charge in [-0.1, -0.05) is 30.5 Å². The van der Waals surface area contributed by atoms with E-state index in [-0.39, 0.29) is 4.90 Å². The van der Waals surface area contributed by atoms with Crippen molar-refractivity contribution in [2.45, 2.75) is 48.4 Å². The zero-order valence-corrected chi connectivity index (χ0v) is 11.4. The molecule has 2 atom stereocenters. The molecule has 0 radical (unpaired) electrons. The first kappa shape index (κ1) is 13.5. The molecule has 0 saturated heterocycles. The van der Waals surface area contributed by atoms with Crippen molar-refractivity contribution in [1.29, 1.82) is 0 Å². The Morgan fingerprint density at radius 3 is 2.39 bits per heavy atom. The highest BCUT2D eigenvalue weighted by Crippen LogP contribution is 2.34. The van der Waals surface area contributed by atoms with Crippen LogP contribution < -0.4 is 11.5 Å². The van der Waals surface area contributed by atoms with Crippen LogP contribution in [0.4, 0.5) is 0 Å². The summed E-state index contributed by atoms with van der Waals surface area (Å²) >= 11 is 0. The van der Waals surface area contributed by atoms with Gasteiger partial charge < -0.3 is 11.5 Å². The molecule has 1 fully saturated rings. The molecule has 2 rings (SSSR count). The maximum absolute atomic E-state index is 12.6. The fourth-order valence-corrected chi connectivity index (χ4v) is 4.33. The van der Waals surface area contributed by atoms with E-state index < -0.39 is 20.8 Å². The number of benzene rings is 1. The van der Waals surface area contributed by atoms with Gasteiger partial charge in [0.1, 0.15) is 4.87 Å². The molecule has 2 unspecified atom stereocenters. The zero-order chi connectivity index (χ0) is 13.4. The van der Waals surface area contributed by atoms with Gasteiger partial charge in [-0.2, -0.15) is 0 Å². The van der Waals surface area contributed by atoms with E-state index >= 15 is 0 Å². The summed E-state index contributed by atoms with van der Waals surface area (Å²) in [5.74, 6) is 0. The van der Waals surface area contributed by atoms with Crippen LogP contribution in [-0.2, 0) is 9.84 Å². The number of rotatable bonds is 2. The van der Waals surface area contributed by atoms with E-state index in [0.717, 1.165) is 18.4 Å². The largest absolute Gasteiger partial charge is 0.325 e. The van der Waals surface area contributed by atoms with E-state index in [1.807, 2.05) is 6.92 Å². The van der Waals surface area contributed by atoms with Crippen molar-refractivity contribution < 1.29 is 8.42 Å². The van der Waals surface area contributed by atoms with Gasteiger partial charge in [0.05, 0.1) is 4.90 Å². The highest BCUT2D eigenvalue weighted by atomic mass is 32.2. The second-order valence-electron chi connectivity index (χ2n) is 5.12. The fourth-order valence-electron chi connectivity index (χ4n) is 2.47. The first-order valence-corrected chi connectivity index (χ1v) is 7.72. The fraction of sp³-hybridized carbons (Fsp3) is 0.538. The quantitative estimate of drug-likeness (QED) is 0.847. The van der Waals surface area contributed by atoms with Gasteiger partial charge in [0.2, 0.25) is 0 Å². The topological polar surface area (TPSA) is 86.2 Å². The van der Waals surface area contributed by atoms with Crippen molar-refractivity contribution in [2.75, 3.05) is 0 Å². The summed E-state index contributed by atoms with van der Waals surface area (Å²) in [7, 11) is -3.57. The van der Waals surface area contributed by atoms with Crippen LogP contribution in [0.1, 0.15) is 31.2 Å². The summed E-state index contributed by atoms with van der Waals surface area (Å²) < 4.78 is 25.3. The number of hydrogen-bond donors (Lipinski definition) is 2. The summed E-state index contributed by atoms with van der Waals surface area (Å²) in [6.45, 7) is 1.92. The SMILES string of the molecule is Cc1ccc(S(=O)(=O)C2(N)CCCCC2N)cc1. The van der Waals surface area contributed by atoms with E-state index in [4.69, 9.17) is 11.5 Å². The van der Waals surface area contributed by atoms with Crippen molar-refractivity contribution in [2.24, 2.45) is 11.5 Å². The molecular weight excluding hydrogens is 248 g/mol. The van der Waals surface area contributed by atoms with Crippen molar-refractivity contribution in [3.63, 3.8) is 0 Å². The Balaban J connectivity index is 2.44. The normalized spacial score (nSPS) is 29.2. The third kappa shape index (κ3) is 2.06. The van der Waals surface area contributed by atoms with Crippen LogP contribution in [0.25, 0.3) is 0 Å². The minimum absolute atomic E-state index is 0.271.